The van der Waals surface area contributed by atoms with Crippen molar-refractivity contribution in [1.29, 1.82) is 0 Å². The summed E-state index contributed by atoms with van der Waals surface area (Å²) < 4.78 is 0.774. The maximum atomic E-state index is 12.3. The minimum atomic E-state index is 0.0656. The summed E-state index contributed by atoms with van der Waals surface area (Å²) >= 11 is 2.86. The second-order valence-corrected chi connectivity index (χ2v) is 8.09. The van der Waals surface area contributed by atoms with Crippen LogP contribution >= 0.6 is 23.1 Å². The van der Waals surface area contributed by atoms with Gasteiger partial charge < -0.3 is 15.1 Å². The molecule has 1 N–H and O–H groups in total. The van der Waals surface area contributed by atoms with Gasteiger partial charge in [-0.2, -0.15) is 0 Å². The number of carbonyl (C=O) groups excluding carboxylic acids is 2. The van der Waals surface area contributed by atoms with E-state index in [4.69, 9.17) is 0 Å². The molecular weight excluding hydrogens is 370 g/mol. The van der Waals surface area contributed by atoms with Crippen LogP contribution in [0.15, 0.2) is 34.7 Å². The topological polar surface area (TPSA) is 78.4 Å². The number of benzene rings is 1. The lowest BCUT2D eigenvalue weighted by Gasteiger charge is -2.34. The van der Waals surface area contributed by atoms with Crippen LogP contribution < -0.4 is 5.32 Å². The van der Waals surface area contributed by atoms with Gasteiger partial charge in [0, 0.05) is 39.6 Å². The minimum absolute atomic E-state index is 0.0656. The molecule has 7 nitrogen and oxygen atoms in total. The Kier molecular flexibility index (Phi) is 6.45. The van der Waals surface area contributed by atoms with Crippen molar-refractivity contribution in [2.24, 2.45) is 0 Å². The predicted molar refractivity (Wildman–Crippen MR) is 103 cm³/mol. The van der Waals surface area contributed by atoms with Crippen LogP contribution in [0.4, 0.5) is 5.13 Å². The first-order valence-corrected chi connectivity index (χ1v) is 10.2. The van der Waals surface area contributed by atoms with Crippen LogP contribution in [0.3, 0.4) is 0 Å². The van der Waals surface area contributed by atoms with Gasteiger partial charge in [-0.1, -0.05) is 53.4 Å². The Bertz CT molecular complexity index is 745. The molecule has 0 spiro atoms. The van der Waals surface area contributed by atoms with Crippen molar-refractivity contribution < 1.29 is 9.59 Å². The van der Waals surface area contributed by atoms with E-state index in [0.717, 1.165) is 9.47 Å². The first kappa shape index (κ1) is 18.7. The molecule has 0 aliphatic carbocycles. The second-order valence-electron chi connectivity index (χ2n) is 5.89. The molecule has 138 valence electrons. The molecule has 0 saturated carbocycles. The summed E-state index contributed by atoms with van der Waals surface area (Å²) in [6, 6.07) is 10.1. The van der Waals surface area contributed by atoms with Gasteiger partial charge in [-0.05, 0) is 5.56 Å². The van der Waals surface area contributed by atoms with Crippen molar-refractivity contribution in [1.82, 2.24) is 20.0 Å². The van der Waals surface area contributed by atoms with Crippen molar-refractivity contribution in [2.45, 2.75) is 17.8 Å². The Balaban J connectivity index is 1.42. The van der Waals surface area contributed by atoms with Gasteiger partial charge in [0.05, 0.1) is 5.75 Å². The van der Waals surface area contributed by atoms with Gasteiger partial charge in [-0.3, -0.25) is 9.59 Å². The third kappa shape index (κ3) is 5.18. The normalized spacial score (nSPS) is 14.3. The highest BCUT2D eigenvalue weighted by Crippen LogP contribution is 2.26. The standard InChI is InChI=1S/C17H21N5O2S2/c1-13(23)21-7-9-22(10-8-21)15(24)12-25-17-20-19-16(26-17)18-11-14-5-3-2-4-6-14/h2-6H,7-12H2,1H3,(H,18,19). The van der Waals surface area contributed by atoms with Crippen LogP contribution in [0.5, 0.6) is 0 Å². The minimum Gasteiger partial charge on any atom is -0.356 e. The number of rotatable bonds is 6. The Morgan fingerprint density at radius 2 is 1.81 bits per heavy atom. The molecule has 0 radical (unpaired) electrons. The predicted octanol–water partition coefficient (Wildman–Crippen LogP) is 1.93. The van der Waals surface area contributed by atoms with Crippen molar-refractivity contribution in [2.75, 3.05) is 37.2 Å². The number of thioether (sulfide) groups is 1. The summed E-state index contributed by atoms with van der Waals surface area (Å²) in [6.45, 7) is 4.67. The number of nitrogens with one attached hydrogen (secondary N) is 1. The monoisotopic (exact) mass is 391 g/mol. The largest absolute Gasteiger partial charge is 0.356 e. The van der Waals surface area contributed by atoms with Crippen molar-refractivity contribution in [3.8, 4) is 0 Å². The van der Waals surface area contributed by atoms with E-state index in [1.165, 1.54) is 28.7 Å². The molecule has 0 bridgehead atoms. The highest BCUT2D eigenvalue weighted by molar-refractivity contribution is 8.01. The van der Waals surface area contributed by atoms with E-state index in [2.05, 4.69) is 15.5 Å². The zero-order valence-electron chi connectivity index (χ0n) is 14.6. The van der Waals surface area contributed by atoms with E-state index in [9.17, 15) is 9.59 Å². The lowest BCUT2D eigenvalue weighted by atomic mass is 10.2. The quantitative estimate of drug-likeness (QED) is 0.758. The molecule has 26 heavy (non-hydrogen) atoms. The number of anilines is 1. The van der Waals surface area contributed by atoms with Gasteiger partial charge in [-0.15, -0.1) is 10.2 Å². The zero-order chi connectivity index (χ0) is 18.4. The molecule has 1 aliphatic heterocycles. The lowest BCUT2D eigenvalue weighted by Crippen LogP contribution is -2.50. The molecule has 9 heteroatoms. The molecule has 3 rings (SSSR count). The summed E-state index contributed by atoms with van der Waals surface area (Å²) in [5.74, 6) is 0.482. The van der Waals surface area contributed by atoms with E-state index in [1.807, 2.05) is 35.2 Å². The average molecular weight is 392 g/mol. The van der Waals surface area contributed by atoms with E-state index in [0.29, 0.717) is 38.5 Å². The third-order valence-electron chi connectivity index (χ3n) is 4.09. The average Bonchev–Trinajstić information content (AvgIpc) is 3.13. The summed E-state index contributed by atoms with van der Waals surface area (Å²) in [7, 11) is 0. The van der Waals surface area contributed by atoms with Crippen molar-refractivity contribution in [3.05, 3.63) is 35.9 Å². The van der Waals surface area contributed by atoms with Crippen LogP contribution in [-0.4, -0.2) is 63.7 Å². The molecule has 0 unspecified atom stereocenters. The summed E-state index contributed by atoms with van der Waals surface area (Å²) in [6.07, 6.45) is 0. The summed E-state index contributed by atoms with van der Waals surface area (Å²) in [5, 5.41) is 12.2. The van der Waals surface area contributed by atoms with Crippen LogP contribution in [-0.2, 0) is 16.1 Å². The fourth-order valence-electron chi connectivity index (χ4n) is 2.60. The fourth-order valence-corrected chi connectivity index (χ4v) is 4.25. The summed E-state index contributed by atoms with van der Waals surface area (Å²) in [4.78, 5) is 27.2. The first-order chi connectivity index (χ1) is 12.6. The molecule has 1 aliphatic rings. The molecule has 2 aromatic rings. The number of piperazine rings is 1. The van der Waals surface area contributed by atoms with Crippen LogP contribution in [0, 0.1) is 0 Å². The van der Waals surface area contributed by atoms with Gasteiger partial charge in [0.25, 0.3) is 0 Å². The Hall–Kier alpha value is -2.13. The first-order valence-electron chi connectivity index (χ1n) is 8.39. The Morgan fingerprint density at radius 3 is 2.50 bits per heavy atom. The van der Waals surface area contributed by atoms with Crippen LogP contribution in [0.25, 0.3) is 0 Å². The maximum absolute atomic E-state index is 12.3. The molecule has 0 atom stereocenters. The highest BCUT2D eigenvalue weighted by atomic mass is 32.2. The smallest absolute Gasteiger partial charge is 0.233 e. The Labute approximate surface area is 160 Å². The lowest BCUT2D eigenvalue weighted by molar-refractivity contribution is -0.136. The molecule has 2 heterocycles. The SMILES string of the molecule is CC(=O)N1CCN(C(=O)CSc2nnc(NCc3ccccc3)s2)CC1. The molecule has 1 aromatic heterocycles. The van der Waals surface area contributed by atoms with Gasteiger partial charge in [0.15, 0.2) is 4.34 Å². The number of nitrogens with zero attached hydrogens (tertiary/aromatic N) is 4. The van der Waals surface area contributed by atoms with Crippen LogP contribution in [0.2, 0.25) is 0 Å². The molecule has 1 saturated heterocycles. The van der Waals surface area contributed by atoms with E-state index < -0.39 is 0 Å². The second kappa shape index (κ2) is 9.00. The molecule has 1 aromatic carbocycles. The number of hydrogen-bond donors (Lipinski definition) is 1. The van der Waals surface area contributed by atoms with Crippen molar-refractivity contribution in [3.63, 3.8) is 0 Å². The number of aromatic nitrogens is 2. The maximum Gasteiger partial charge on any atom is 0.233 e. The third-order valence-corrected chi connectivity index (χ3v) is 6.09. The van der Waals surface area contributed by atoms with Gasteiger partial charge >= 0.3 is 0 Å². The molecule has 1 fully saturated rings. The van der Waals surface area contributed by atoms with Gasteiger partial charge in [0.2, 0.25) is 16.9 Å². The highest BCUT2D eigenvalue weighted by Gasteiger charge is 2.22. The number of amides is 2. The number of hydrogen-bond acceptors (Lipinski definition) is 7. The molecular formula is C17H21N5O2S2. The van der Waals surface area contributed by atoms with Gasteiger partial charge in [-0.25, -0.2) is 0 Å². The van der Waals surface area contributed by atoms with Crippen LogP contribution in [0.1, 0.15) is 12.5 Å². The fraction of sp³-hybridized carbons (Fsp3) is 0.412. The number of carbonyl (C=O) groups is 2. The van der Waals surface area contributed by atoms with E-state index in [1.54, 1.807) is 11.8 Å². The van der Waals surface area contributed by atoms with E-state index >= 15 is 0 Å². The zero-order valence-corrected chi connectivity index (χ0v) is 16.2. The van der Waals surface area contributed by atoms with E-state index in [-0.39, 0.29) is 11.8 Å². The molecule has 2 amide bonds. The van der Waals surface area contributed by atoms with Crippen molar-refractivity contribution >= 4 is 40.0 Å². The van der Waals surface area contributed by atoms with Gasteiger partial charge in [0.1, 0.15) is 0 Å². The Morgan fingerprint density at radius 1 is 1.12 bits per heavy atom. The summed E-state index contributed by atoms with van der Waals surface area (Å²) in [5.41, 5.74) is 1.18.